The summed E-state index contributed by atoms with van der Waals surface area (Å²) in [5.41, 5.74) is 7.27. The highest BCUT2D eigenvalue weighted by Crippen LogP contribution is 2.30. The number of rotatable bonds is 4. The van der Waals surface area contributed by atoms with Gasteiger partial charge in [-0.15, -0.1) is 0 Å². The number of carbonyl (C=O) groups is 1. The minimum absolute atomic E-state index is 0.148. The molecule has 0 aliphatic carbocycles. The van der Waals surface area contributed by atoms with E-state index in [1.165, 1.54) is 5.56 Å². The van der Waals surface area contributed by atoms with Crippen molar-refractivity contribution in [2.24, 2.45) is 5.73 Å². The predicted octanol–water partition coefficient (Wildman–Crippen LogP) is 1.71. The Labute approximate surface area is 114 Å². The number of benzene rings is 1. The highest BCUT2D eigenvalue weighted by atomic mass is 16.5. The van der Waals surface area contributed by atoms with Crippen LogP contribution in [0, 0.1) is 0 Å². The van der Waals surface area contributed by atoms with Gasteiger partial charge >= 0.3 is 5.97 Å². The Bertz CT molecular complexity index is 408. The van der Waals surface area contributed by atoms with E-state index in [2.05, 4.69) is 17.0 Å². The smallest absolute Gasteiger partial charge is 0.320 e. The van der Waals surface area contributed by atoms with Crippen molar-refractivity contribution in [1.29, 1.82) is 0 Å². The fraction of sp³-hybridized carbons (Fsp3) is 0.533. The summed E-state index contributed by atoms with van der Waals surface area (Å²) >= 11 is 0. The van der Waals surface area contributed by atoms with Gasteiger partial charge in [-0.2, -0.15) is 0 Å². The molecule has 104 valence electrons. The molecule has 1 fully saturated rings. The minimum atomic E-state index is -0.169. The Hall–Kier alpha value is -1.39. The van der Waals surface area contributed by atoms with Crippen LogP contribution in [0.1, 0.15) is 31.4 Å². The third kappa shape index (κ3) is 3.78. The first-order chi connectivity index (χ1) is 9.20. The van der Waals surface area contributed by atoms with Crippen molar-refractivity contribution in [1.82, 2.24) is 4.90 Å². The lowest BCUT2D eigenvalue weighted by atomic mass is 9.93. The second-order valence-corrected chi connectivity index (χ2v) is 5.00. The van der Waals surface area contributed by atoms with Crippen LogP contribution in [-0.4, -0.2) is 36.6 Å². The Morgan fingerprint density at radius 3 is 2.79 bits per heavy atom. The van der Waals surface area contributed by atoms with Crippen LogP contribution in [0.4, 0.5) is 0 Å². The molecule has 1 saturated heterocycles. The molecule has 4 heteroatoms. The maximum atomic E-state index is 11.7. The molecule has 0 aromatic heterocycles. The van der Waals surface area contributed by atoms with Crippen molar-refractivity contribution < 1.29 is 9.53 Å². The van der Waals surface area contributed by atoms with Crippen LogP contribution in [0.2, 0.25) is 0 Å². The van der Waals surface area contributed by atoms with E-state index in [1.807, 2.05) is 25.1 Å². The molecule has 1 aliphatic heterocycles. The molecule has 19 heavy (non-hydrogen) atoms. The molecule has 0 amide bonds. The quantitative estimate of drug-likeness (QED) is 0.839. The van der Waals surface area contributed by atoms with E-state index in [0.717, 1.165) is 19.4 Å². The molecule has 2 rings (SSSR count). The Morgan fingerprint density at radius 2 is 2.11 bits per heavy atom. The molecular formula is C15H22N2O2. The number of likely N-dealkylation sites (tertiary alicyclic amines) is 1. The predicted molar refractivity (Wildman–Crippen MR) is 74.6 cm³/mol. The molecule has 4 nitrogen and oxygen atoms in total. The van der Waals surface area contributed by atoms with Crippen molar-refractivity contribution in [3.05, 3.63) is 35.9 Å². The van der Waals surface area contributed by atoms with Crippen LogP contribution in [0.15, 0.2) is 30.3 Å². The Kier molecular flexibility index (Phi) is 4.93. The number of nitrogens with zero attached hydrogens (tertiary/aromatic N) is 1. The van der Waals surface area contributed by atoms with Gasteiger partial charge in [0.25, 0.3) is 0 Å². The highest BCUT2D eigenvalue weighted by Gasteiger charge is 2.29. The minimum Gasteiger partial charge on any atom is -0.465 e. The van der Waals surface area contributed by atoms with Gasteiger partial charge in [-0.1, -0.05) is 30.3 Å². The summed E-state index contributed by atoms with van der Waals surface area (Å²) in [6, 6.07) is 10.7. The van der Waals surface area contributed by atoms with Crippen LogP contribution >= 0.6 is 0 Å². The van der Waals surface area contributed by atoms with Gasteiger partial charge in [-0.05, 0) is 25.3 Å². The molecular weight excluding hydrogens is 240 g/mol. The molecule has 0 unspecified atom stereocenters. The van der Waals surface area contributed by atoms with Crippen molar-refractivity contribution in [2.75, 3.05) is 19.7 Å². The van der Waals surface area contributed by atoms with Crippen LogP contribution in [0.3, 0.4) is 0 Å². The summed E-state index contributed by atoms with van der Waals surface area (Å²) in [7, 11) is 0. The monoisotopic (exact) mass is 262 g/mol. The molecule has 1 aromatic carbocycles. The highest BCUT2D eigenvalue weighted by molar-refractivity contribution is 5.71. The third-order valence-electron chi connectivity index (χ3n) is 3.54. The van der Waals surface area contributed by atoms with E-state index in [1.54, 1.807) is 0 Å². The summed E-state index contributed by atoms with van der Waals surface area (Å²) in [4.78, 5) is 13.8. The topological polar surface area (TPSA) is 55.6 Å². The SMILES string of the molecule is CCOC(=O)CN1C[C@@H](N)CC[C@H]1c1ccccc1. The van der Waals surface area contributed by atoms with Crippen LogP contribution in [-0.2, 0) is 9.53 Å². The zero-order chi connectivity index (χ0) is 13.7. The number of ether oxygens (including phenoxy) is 1. The second kappa shape index (κ2) is 6.68. The fourth-order valence-electron chi connectivity index (χ4n) is 2.67. The number of hydrogen-bond donors (Lipinski definition) is 1. The lowest BCUT2D eigenvalue weighted by Crippen LogP contribution is -2.46. The number of esters is 1. The summed E-state index contributed by atoms with van der Waals surface area (Å²) in [5, 5.41) is 0. The molecule has 0 saturated carbocycles. The number of nitrogens with two attached hydrogens (primary N) is 1. The third-order valence-corrected chi connectivity index (χ3v) is 3.54. The number of carbonyl (C=O) groups excluding carboxylic acids is 1. The fourth-order valence-corrected chi connectivity index (χ4v) is 2.67. The molecule has 2 atom stereocenters. The van der Waals surface area contributed by atoms with Gasteiger partial charge in [0.05, 0.1) is 13.2 Å². The average Bonchev–Trinajstić information content (AvgIpc) is 2.40. The summed E-state index contributed by atoms with van der Waals surface area (Å²) in [6.07, 6.45) is 1.99. The molecule has 1 aromatic rings. The molecule has 1 heterocycles. The van der Waals surface area contributed by atoms with Gasteiger partial charge in [0.2, 0.25) is 0 Å². The first-order valence-corrected chi connectivity index (χ1v) is 6.91. The van der Waals surface area contributed by atoms with Crippen LogP contribution in [0.25, 0.3) is 0 Å². The van der Waals surface area contributed by atoms with Crippen molar-refractivity contribution in [3.8, 4) is 0 Å². The van der Waals surface area contributed by atoms with Crippen LogP contribution in [0.5, 0.6) is 0 Å². The van der Waals surface area contributed by atoms with E-state index in [0.29, 0.717) is 13.2 Å². The van der Waals surface area contributed by atoms with Crippen LogP contribution < -0.4 is 5.73 Å². The van der Waals surface area contributed by atoms with E-state index < -0.39 is 0 Å². The zero-order valence-corrected chi connectivity index (χ0v) is 11.4. The molecule has 2 N–H and O–H groups in total. The summed E-state index contributed by atoms with van der Waals surface area (Å²) in [5.74, 6) is -0.169. The van der Waals surface area contributed by atoms with Crippen molar-refractivity contribution in [3.63, 3.8) is 0 Å². The largest absolute Gasteiger partial charge is 0.465 e. The van der Waals surface area contributed by atoms with E-state index in [4.69, 9.17) is 10.5 Å². The van der Waals surface area contributed by atoms with Gasteiger partial charge in [0.1, 0.15) is 0 Å². The van der Waals surface area contributed by atoms with Crippen molar-refractivity contribution >= 4 is 5.97 Å². The van der Waals surface area contributed by atoms with E-state index >= 15 is 0 Å². The first-order valence-electron chi connectivity index (χ1n) is 6.91. The standard InChI is InChI=1S/C15H22N2O2/c1-2-19-15(18)11-17-10-13(16)8-9-14(17)12-6-4-3-5-7-12/h3-7,13-14H,2,8-11,16H2,1H3/t13-,14-/m0/s1. The normalized spacial score (nSPS) is 24.1. The van der Waals surface area contributed by atoms with Gasteiger partial charge in [-0.25, -0.2) is 0 Å². The lowest BCUT2D eigenvalue weighted by molar-refractivity contribution is -0.145. The average molecular weight is 262 g/mol. The summed E-state index contributed by atoms with van der Waals surface area (Å²) < 4.78 is 5.04. The molecule has 0 bridgehead atoms. The van der Waals surface area contributed by atoms with Gasteiger partial charge in [0, 0.05) is 18.6 Å². The number of hydrogen-bond acceptors (Lipinski definition) is 4. The summed E-state index contributed by atoms with van der Waals surface area (Å²) in [6.45, 7) is 3.32. The van der Waals surface area contributed by atoms with E-state index in [9.17, 15) is 4.79 Å². The molecule has 0 spiro atoms. The van der Waals surface area contributed by atoms with Gasteiger partial charge in [-0.3, -0.25) is 9.69 Å². The molecule has 0 radical (unpaired) electrons. The maximum Gasteiger partial charge on any atom is 0.320 e. The zero-order valence-electron chi connectivity index (χ0n) is 11.4. The second-order valence-electron chi connectivity index (χ2n) is 5.00. The van der Waals surface area contributed by atoms with Gasteiger partial charge < -0.3 is 10.5 Å². The number of piperidine rings is 1. The Balaban J connectivity index is 2.08. The van der Waals surface area contributed by atoms with Gasteiger partial charge in [0.15, 0.2) is 0 Å². The first kappa shape index (κ1) is 14.0. The lowest BCUT2D eigenvalue weighted by Gasteiger charge is -2.38. The maximum absolute atomic E-state index is 11.7. The van der Waals surface area contributed by atoms with E-state index in [-0.39, 0.29) is 18.1 Å². The van der Waals surface area contributed by atoms with Crippen molar-refractivity contribution in [2.45, 2.75) is 31.8 Å². The Morgan fingerprint density at radius 1 is 1.37 bits per heavy atom. The molecule has 1 aliphatic rings.